The van der Waals surface area contributed by atoms with Gasteiger partial charge < -0.3 is 9.88 Å². The number of hydrogen-bond donors (Lipinski definition) is 1. The van der Waals surface area contributed by atoms with E-state index in [-0.39, 0.29) is 0 Å². The number of nitrogens with zero attached hydrogens (tertiary/aromatic N) is 3. The van der Waals surface area contributed by atoms with Crippen molar-refractivity contribution in [2.24, 2.45) is 7.05 Å². The minimum atomic E-state index is 0.370. The van der Waals surface area contributed by atoms with Crippen LogP contribution in [0.1, 0.15) is 42.8 Å². The summed E-state index contributed by atoms with van der Waals surface area (Å²) >= 11 is 0. The summed E-state index contributed by atoms with van der Waals surface area (Å²) in [6.07, 6.45) is 10.9. The van der Waals surface area contributed by atoms with Gasteiger partial charge >= 0.3 is 0 Å². The number of pyridine rings is 1. The van der Waals surface area contributed by atoms with Gasteiger partial charge in [0.15, 0.2) is 0 Å². The van der Waals surface area contributed by atoms with Crippen LogP contribution in [0.5, 0.6) is 0 Å². The summed E-state index contributed by atoms with van der Waals surface area (Å²) in [5.41, 5.74) is 2.60. The molecule has 1 atom stereocenters. The SMILES string of the molecule is CCCNC(CCc1nccn1C)c1ccncc1C. The molecule has 0 saturated heterocycles. The van der Waals surface area contributed by atoms with Crippen molar-refractivity contribution in [1.82, 2.24) is 19.9 Å². The second kappa shape index (κ2) is 7.20. The van der Waals surface area contributed by atoms with E-state index < -0.39 is 0 Å². The van der Waals surface area contributed by atoms with E-state index in [1.54, 1.807) is 0 Å². The predicted octanol–water partition coefficient (Wildman–Crippen LogP) is 2.80. The van der Waals surface area contributed by atoms with Crippen molar-refractivity contribution in [3.05, 3.63) is 47.8 Å². The van der Waals surface area contributed by atoms with Gasteiger partial charge in [-0.2, -0.15) is 0 Å². The lowest BCUT2D eigenvalue weighted by Gasteiger charge is -2.20. The Morgan fingerprint density at radius 2 is 2.20 bits per heavy atom. The van der Waals surface area contributed by atoms with Gasteiger partial charge in [-0.15, -0.1) is 0 Å². The Balaban J connectivity index is 2.08. The molecule has 4 nitrogen and oxygen atoms in total. The number of hydrogen-bond acceptors (Lipinski definition) is 3. The van der Waals surface area contributed by atoms with Crippen molar-refractivity contribution in [3.8, 4) is 0 Å². The van der Waals surface area contributed by atoms with Crippen molar-refractivity contribution in [1.29, 1.82) is 0 Å². The van der Waals surface area contributed by atoms with E-state index in [1.807, 2.05) is 24.8 Å². The molecule has 0 saturated carbocycles. The van der Waals surface area contributed by atoms with E-state index in [1.165, 1.54) is 11.1 Å². The van der Waals surface area contributed by atoms with Crippen LogP contribution >= 0.6 is 0 Å². The molecule has 1 N–H and O–H groups in total. The van der Waals surface area contributed by atoms with E-state index in [0.717, 1.165) is 31.6 Å². The summed E-state index contributed by atoms with van der Waals surface area (Å²) in [6.45, 7) is 5.36. The summed E-state index contributed by atoms with van der Waals surface area (Å²) in [5.74, 6) is 1.14. The molecule has 2 rings (SSSR count). The molecular formula is C16H24N4. The van der Waals surface area contributed by atoms with Crippen LogP contribution in [0.2, 0.25) is 0 Å². The topological polar surface area (TPSA) is 42.7 Å². The molecule has 0 amide bonds. The number of imidazole rings is 1. The molecular weight excluding hydrogens is 248 g/mol. The standard InChI is InChI=1S/C16H24N4/c1-4-8-18-15(14-7-9-17-12-13(14)2)5-6-16-19-10-11-20(16)3/h7,9-12,15,18H,4-6,8H2,1-3H3. The normalized spacial score (nSPS) is 12.6. The van der Waals surface area contributed by atoms with Gasteiger partial charge in [-0.05, 0) is 43.5 Å². The minimum absolute atomic E-state index is 0.370. The molecule has 1 unspecified atom stereocenters. The average molecular weight is 272 g/mol. The lowest BCUT2D eigenvalue weighted by atomic mass is 9.99. The molecule has 4 heteroatoms. The van der Waals surface area contributed by atoms with Gasteiger partial charge in [0.1, 0.15) is 5.82 Å². The Hall–Kier alpha value is -1.68. The molecule has 108 valence electrons. The lowest BCUT2D eigenvalue weighted by Crippen LogP contribution is -2.24. The molecule has 0 aliphatic carbocycles. The summed E-state index contributed by atoms with van der Waals surface area (Å²) in [4.78, 5) is 8.59. The van der Waals surface area contributed by atoms with Crippen LogP contribution in [-0.2, 0) is 13.5 Å². The number of rotatable bonds is 7. The molecule has 0 spiro atoms. The van der Waals surface area contributed by atoms with Gasteiger partial charge in [0.05, 0.1) is 0 Å². The van der Waals surface area contributed by atoms with E-state index in [0.29, 0.717) is 6.04 Å². The summed E-state index contributed by atoms with van der Waals surface area (Å²) in [7, 11) is 2.05. The maximum Gasteiger partial charge on any atom is 0.108 e. The third-order valence-corrected chi connectivity index (χ3v) is 3.66. The van der Waals surface area contributed by atoms with Gasteiger partial charge in [0, 0.05) is 44.3 Å². The molecule has 0 fully saturated rings. The molecule has 0 bridgehead atoms. The third kappa shape index (κ3) is 3.67. The Kier molecular flexibility index (Phi) is 5.30. The second-order valence-electron chi connectivity index (χ2n) is 5.23. The molecule has 0 radical (unpaired) electrons. The zero-order valence-electron chi connectivity index (χ0n) is 12.6. The van der Waals surface area contributed by atoms with Crippen LogP contribution in [0.15, 0.2) is 30.9 Å². The van der Waals surface area contributed by atoms with Crippen molar-refractivity contribution < 1.29 is 0 Å². The molecule has 0 aromatic carbocycles. The fourth-order valence-electron chi connectivity index (χ4n) is 2.47. The summed E-state index contributed by atoms with van der Waals surface area (Å²) < 4.78 is 2.09. The van der Waals surface area contributed by atoms with Gasteiger partial charge in [0.25, 0.3) is 0 Å². The van der Waals surface area contributed by atoms with Crippen molar-refractivity contribution >= 4 is 0 Å². The third-order valence-electron chi connectivity index (χ3n) is 3.66. The van der Waals surface area contributed by atoms with Crippen molar-refractivity contribution in [3.63, 3.8) is 0 Å². The van der Waals surface area contributed by atoms with Crippen LogP contribution in [0, 0.1) is 6.92 Å². The number of aryl methyl sites for hydroxylation is 3. The highest BCUT2D eigenvalue weighted by molar-refractivity contribution is 5.25. The van der Waals surface area contributed by atoms with E-state index in [2.05, 4.69) is 46.8 Å². The second-order valence-corrected chi connectivity index (χ2v) is 5.23. The largest absolute Gasteiger partial charge is 0.338 e. The van der Waals surface area contributed by atoms with Crippen LogP contribution in [0.4, 0.5) is 0 Å². The molecule has 0 aliphatic heterocycles. The smallest absolute Gasteiger partial charge is 0.108 e. The molecule has 2 aromatic heterocycles. The fraction of sp³-hybridized carbons (Fsp3) is 0.500. The highest BCUT2D eigenvalue weighted by atomic mass is 15.0. The Labute approximate surface area is 121 Å². The van der Waals surface area contributed by atoms with Crippen LogP contribution in [0.25, 0.3) is 0 Å². The average Bonchev–Trinajstić information content (AvgIpc) is 2.86. The predicted molar refractivity (Wildman–Crippen MR) is 81.5 cm³/mol. The van der Waals surface area contributed by atoms with Crippen LogP contribution in [-0.4, -0.2) is 21.1 Å². The first-order valence-corrected chi connectivity index (χ1v) is 7.32. The Morgan fingerprint density at radius 1 is 1.35 bits per heavy atom. The van der Waals surface area contributed by atoms with Crippen molar-refractivity contribution in [2.75, 3.05) is 6.54 Å². The highest BCUT2D eigenvalue weighted by Crippen LogP contribution is 2.21. The first-order valence-electron chi connectivity index (χ1n) is 7.32. The molecule has 20 heavy (non-hydrogen) atoms. The monoisotopic (exact) mass is 272 g/mol. The number of aromatic nitrogens is 3. The fourth-order valence-corrected chi connectivity index (χ4v) is 2.47. The first-order chi connectivity index (χ1) is 9.72. The zero-order chi connectivity index (χ0) is 14.4. The first kappa shape index (κ1) is 14.7. The van der Waals surface area contributed by atoms with Gasteiger partial charge in [-0.3, -0.25) is 4.98 Å². The summed E-state index contributed by atoms with van der Waals surface area (Å²) in [5, 5.41) is 3.64. The van der Waals surface area contributed by atoms with E-state index in [9.17, 15) is 0 Å². The molecule has 2 heterocycles. The Morgan fingerprint density at radius 3 is 2.85 bits per heavy atom. The maximum absolute atomic E-state index is 4.41. The van der Waals surface area contributed by atoms with E-state index >= 15 is 0 Å². The van der Waals surface area contributed by atoms with Crippen LogP contribution in [0.3, 0.4) is 0 Å². The maximum atomic E-state index is 4.41. The quantitative estimate of drug-likeness (QED) is 0.843. The van der Waals surface area contributed by atoms with Crippen LogP contribution < -0.4 is 5.32 Å². The van der Waals surface area contributed by atoms with Gasteiger partial charge in [0.2, 0.25) is 0 Å². The van der Waals surface area contributed by atoms with Gasteiger partial charge in [-0.1, -0.05) is 6.92 Å². The summed E-state index contributed by atoms with van der Waals surface area (Å²) in [6, 6.07) is 2.50. The molecule has 2 aromatic rings. The zero-order valence-corrected chi connectivity index (χ0v) is 12.6. The minimum Gasteiger partial charge on any atom is -0.338 e. The molecule has 0 aliphatic rings. The van der Waals surface area contributed by atoms with Crippen molar-refractivity contribution in [2.45, 2.75) is 39.2 Å². The lowest BCUT2D eigenvalue weighted by molar-refractivity contribution is 0.489. The van der Waals surface area contributed by atoms with Gasteiger partial charge in [-0.25, -0.2) is 4.98 Å². The van der Waals surface area contributed by atoms with E-state index in [4.69, 9.17) is 0 Å². The number of nitrogens with one attached hydrogen (secondary N) is 1. The highest BCUT2D eigenvalue weighted by Gasteiger charge is 2.14. The Bertz CT molecular complexity index is 533.